The third-order valence-electron chi connectivity index (χ3n) is 4.54. The number of hydrogen-bond donors (Lipinski definition) is 2. The summed E-state index contributed by atoms with van der Waals surface area (Å²) in [6, 6.07) is 4.36. The van der Waals surface area contributed by atoms with Gasteiger partial charge in [-0.25, -0.2) is 0 Å². The minimum absolute atomic E-state index is 0.00585. The summed E-state index contributed by atoms with van der Waals surface area (Å²) in [5, 5.41) is 5.45. The molecule has 1 aliphatic heterocycles. The Labute approximate surface area is 177 Å². The number of nitrogens with one attached hydrogen (secondary N) is 2. The third-order valence-corrected chi connectivity index (χ3v) is 6.30. The number of aromatic nitrogens is 2. The van der Waals surface area contributed by atoms with Gasteiger partial charge in [-0.3, -0.25) is 0 Å². The van der Waals surface area contributed by atoms with E-state index in [1.54, 1.807) is 18.2 Å². The quantitative estimate of drug-likeness (QED) is 0.384. The zero-order valence-electron chi connectivity index (χ0n) is 16.4. The molecule has 3 rings (SSSR count). The number of piperidine rings is 1. The van der Waals surface area contributed by atoms with Crippen LogP contribution in [-0.4, -0.2) is 79.3 Å². The van der Waals surface area contributed by atoms with E-state index in [1.165, 1.54) is 11.4 Å². The molecule has 3 heterocycles. The van der Waals surface area contributed by atoms with E-state index in [1.807, 2.05) is 11.9 Å². The Bertz CT molecular complexity index is 981. The van der Waals surface area contributed by atoms with Gasteiger partial charge in [-0.05, 0) is 0 Å². The van der Waals surface area contributed by atoms with E-state index in [4.69, 9.17) is 0 Å². The Balaban J connectivity index is 1.96. The Hall–Kier alpha value is -2.28. The average Bonchev–Trinajstić information content (AvgIpc) is 2.98. The van der Waals surface area contributed by atoms with E-state index in [0.29, 0.717) is 12.2 Å². The van der Waals surface area contributed by atoms with Crippen LogP contribution in [0.3, 0.4) is 0 Å². The molecule has 0 saturated carbocycles. The molecule has 0 unspecified atom stereocenters. The number of anilines is 1. The monoisotopic (exact) mass is 491 g/mol. The summed E-state index contributed by atoms with van der Waals surface area (Å²) < 4.78 is 55.4. The molecule has 30 heavy (non-hydrogen) atoms. The van der Waals surface area contributed by atoms with Crippen LogP contribution in [0, 0.1) is 11.8 Å². The summed E-state index contributed by atoms with van der Waals surface area (Å²) in [7, 11) is 1.84. The number of amides is 1. The van der Waals surface area contributed by atoms with Crippen molar-refractivity contribution in [1.29, 1.82) is 0 Å². The van der Waals surface area contributed by atoms with Crippen molar-refractivity contribution in [1.82, 2.24) is 19.8 Å². The number of hydrogen-bond acceptors (Lipinski definition) is 4. The van der Waals surface area contributed by atoms with Crippen molar-refractivity contribution in [2.75, 3.05) is 32.0 Å². The first-order chi connectivity index (χ1) is 14.1. The van der Waals surface area contributed by atoms with E-state index in [2.05, 4.69) is 27.6 Å². The summed E-state index contributed by atoms with van der Waals surface area (Å²) in [6.07, 6.45) is -0.539. The maximum absolute atomic E-state index is 14.4. The maximum atomic E-state index is 14.4. The topological polar surface area (TPSA) is 61.7 Å². The fourth-order valence-electron chi connectivity index (χ4n) is 3.16. The van der Waals surface area contributed by atoms with Crippen LogP contribution in [0.5, 0.6) is 0 Å². The Kier molecular flexibility index (Phi) is 6.91. The molecule has 2 aromatic heterocycles. The first-order valence-electron chi connectivity index (χ1n) is 9.24. The first-order valence-corrected chi connectivity index (χ1v) is 11.0. The molecule has 2 atom stereocenters. The number of carbonyl (C=O) groups excluding carboxylic acids is 1. The zero-order chi connectivity index (χ0) is 21.9. The van der Waals surface area contributed by atoms with E-state index in [-0.39, 0.29) is 34.7 Å². The van der Waals surface area contributed by atoms with Crippen LogP contribution < -0.4 is 15.1 Å². The van der Waals surface area contributed by atoms with E-state index in [9.17, 15) is 22.4 Å². The molecule has 11 heteroatoms. The number of rotatable bonds is 4. The number of likely N-dealkylation sites (tertiary alicyclic amines) is 1. The number of carbonyl (C=O) groups is 1. The summed E-state index contributed by atoms with van der Waals surface area (Å²) >= 11 is -1.86. The second-order valence-corrected chi connectivity index (χ2v) is 9.22. The fraction of sp³-hybridized carbons (Fsp3) is 0.474. The molecule has 1 fully saturated rings. The van der Waals surface area contributed by atoms with E-state index < -0.39 is 32.2 Å². The second-order valence-electron chi connectivity index (χ2n) is 6.96. The van der Waals surface area contributed by atoms with Gasteiger partial charge >= 0.3 is 177 Å². The number of nitrogens with zero attached hydrogens (tertiary/aromatic N) is 3. The fourth-order valence-corrected chi connectivity index (χ4v) is 4.59. The van der Waals surface area contributed by atoms with Gasteiger partial charge in [0, 0.05) is 0 Å². The predicted molar refractivity (Wildman–Crippen MR) is 107 cm³/mol. The molecule has 0 spiro atoms. The van der Waals surface area contributed by atoms with Gasteiger partial charge < -0.3 is 0 Å². The van der Waals surface area contributed by atoms with Gasteiger partial charge in [-0.2, -0.15) is 0 Å². The van der Waals surface area contributed by atoms with Gasteiger partial charge in [-0.15, -0.1) is 0 Å². The molecule has 2 aromatic rings. The van der Waals surface area contributed by atoms with Gasteiger partial charge in [0.25, 0.3) is 0 Å². The van der Waals surface area contributed by atoms with Crippen molar-refractivity contribution in [2.24, 2.45) is 0 Å². The van der Waals surface area contributed by atoms with Gasteiger partial charge in [0.15, 0.2) is 0 Å². The molecule has 0 radical (unpaired) electrons. The molecule has 0 bridgehead atoms. The molecule has 1 aliphatic rings. The Morgan fingerprint density at radius 3 is 2.83 bits per heavy atom. The molecular weight excluding hydrogens is 469 g/mol. The van der Waals surface area contributed by atoms with Crippen LogP contribution in [0.4, 0.5) is 23.4 Å². The summed E-state index contributed by atoms with van der Waals surface area (Å²) in [6.45, 7) is 2.33. The zero-order valence-corrected chi connectivity index (χ0v) is 18.1. The number of pyridine rings is 1. The van der Waals surface area contributed by atoms with Crippen molar-refractivity contribution < 1.29 is 22.4 Å². The molecule has 1 amide bonds. The van der Waals surface area contributed by atoms with Gasteiger partial charge in [0.05, 0.1) is 0 Å². The Morgan fingerprint density at radius 1 is 1.40 bits per heavy atom. The Morgan fingerprint density at radius 2 is 2.17 bits per heavy atom. The third kappa shape index (κ3) is 5.65. The summed E-state index contributed by atoms with van der Waals surface area (Å²) in [4.78, 5) is 12.8. The number of alkyl halides is 4. The molecule has 0 aromatic carbocycles. The first kappa shape index (κ1) is 22.4. The van der Waals surface area contributed by atoms with Crippen LogP contribution in [0.2, 0.25) is 0 Å². The van der Waals surface area contributed by atoms with E-state index in [0.717, 1.165) is 6.54 Å². The van der Waals surface area contributed by atoms with Crippen molar-refractivity contribution in [3.8, 4) is 11.8 Å². The molecule has 1 saturated heterocycles. The normalized spacial score (nSPS) is 19.9. The van der Waals surface area contributed by atoms with Crippen LogP contribution in [-0.2, 0) is 4.79 Å². The average molecular weight is 490 g/mol. The molecular formula is C19H21F4N5OSe. The predicted octanol–water partition coefficient (Wildman–Crippen LogP) is 1.13. The van der Waals surface area contributed by atoms with Gasteiger partial charge in [0.2, 0.25) is 0 Å². The SMILES string of the molecule is CC(=O)NCC#Cc1nn2c(N[C@@H]3CCN(C)C[C@@H]3F)cccc2c1[Se]C(F)(F)F. The molecule has 2 N–H and O–H groups in total. The number of halogens is 4. The van der Waals surface area contributed by atoms with Gasteiger partial charge in [0.1, 0.15) is 0 Å². The summed E-state index contributed by atoms with van der Waals surface area (Å²) in [5.74, 6) is 5.40. The second kappa shape index (κ2) is 9.25. The minimum atomic E-state index is -4.38. The number of fused-ring (bicyclic) bond motifs is 1. The van der Waals surface area contributed by atoms with Crippen LogP contribution in [0.1, 0.15) is 19.0 Å². The van der Waals surface area contributed by atoms with Gasteiger partial charge in [-0.1, -0.05) is 0 Å². The molecule has 0 aliphatic carbocycles. The van der Waals surface area contributed by atoms with Crippen molar-refractivity contribution in [2.45, 2.75) is 30.6 Å². The van der Waals surface area contributed by atoms with E-state index >= 15 is 0 Å². The molecule has 162 valence electrons. The van der Waals surface area contributed by atoms with Crippen LogP contribution in [0.25, 0.3) is 5.52 Å². The van der Waals surface area contributed by atoms with Crippen molar-refractivity contribution >= 4 is 36.7 Å². The van der Waals surface area contributed by atoms with Crippen LogP contribution >= 0.6 is 0 Å². The standard InChI is InChI=1S/C19H21F4N5OSe/c1-12(29)24-9-4-5-15-18(30-19(21,22)23)16-6-3-7-17(28(16)26-15)25-14-8-10-27(2)11-13(14)20/h3,6-7,13-14,25H,8-11H2,1-2H3,(H,24,29)/t13-,14+/m0/s1. The van der Waals surface area contributed by atoms with Crippen molar-refractivity contribution in [3.63, 3.8) is 0 Å². The summed E-state index contributed by atoms with van der Waals surface area (Å²) in [5.41, 5.74) is 0.289. The van der Waals surface area contributed by atoms with Crippen LogP contribution in [0.15, 0.2) is 18.2 Å². The molecule has 6 nitrogen and oxygen atoms in total. The van der Waals surface area contributed by atoms with Crippen molar-refractivity contribution in [3.05, 3.63) is 23.9 Å².